The number of benzene rings is 2. The van der Waals surface area contributed by atoms with Crippen LogP contribution in [-0.4, -0.2) is 33.4 Å². The van der Waals surface area contributed by atoms with E-state index in [2.05, 4.69) is 15.6 Å². The van der Waals surface area contributed by atoms with E-state index in [9.17, 15) is 9.59 Å². The van der Waals surface area contributed by atoms with E-state index in [-0.39, 0.29) is 24.8 Å². The summed E-state index contributed by atoms with van der Waals surface area (Å²) in [5.41, 5.74) is 2.94. The Balaban J connectivity index is 1.60. The topological polar surface area (TPSA) is 76.9 Å². The molecule has 0 atom stereocenters. The van der Waals surface area contributed by atoms with Crippen LogP contribution in [0.4, 0.5) is 0 Å². The number of rotatable bonds is 4. The maximum absolute atomic E-state index is 12.2. The van der Waals surface area contributed by atoms with Crippen molar-refractivity contribution < 1.29 is 9.59 Å². The molecule has 0 aliphatic heterocycles. The molecule has 0 aliphatic carbocycles. The van der Waals surface area contributed by atoms with Crippen LogP contribution in [0.25, 0.3) is 11.0 Å². The average Bonchev–Trinajstić information content (AvgIpc) is 2.98. The Kier molecular flexibility index (Phi) is 4.14. The minimum atomic E-state index is -0.205. The third-order valence-electron chi connectivity index (χ3n) is 3.49. The molecule has 1 N–H and O–H groups in total. The van der Waals surface area contributed by atoms with Gasteiger partial charge in [-0.25, -0.2) is 0 Å². The van der Waals surface area contributed by atoms with Crippen molar-refractivity contribution in [2.75, 3.05) is 6.54 Å². The van der Waals surface area contributed by atoms with Crippen molar-refractivity contribution in [1.29, 1.82) is 0 Å². The molecule has 0 unspecified atom stereocenters. The molecule has 1 amide bonds. The molecule has 0 aliphatic rings. The number of aryl methyl sites for hydroxylation is 1. The number of carbonyl (C=O) groups excluding carboxylic acids is 2. The molecule has 0 saturated heterocycles. The highest BCUT2D eigenvalue weighted by Gasteiger charge is 2.12. The summed E-state index contributed by atoms with van der Waals surface area (Å²) in [6.45, 7) is 2.18. The highest BCUT2D eigenvalue weighted by Crippen LogP contribution is 2.10. The standard InChI is InChI=1S/C17H16N4O2/c1-12-5-4-6-13(11-12)17(23)18-10-9-16(22)21-15-8-3-2-7-14(15)19-20-21/h2-8,11H,9-10H2,1H3,(H,18,23). The van der Waals surface area contributed by atoms with Gasteiger partial charge in [0, 0.05) is 18.5 Å². The van der Waals surface area contributed by atoms with Gasteiger partial charge in [-0.05, 0) is 31.2 Å². The average molecular weight is 308 g/mol. The molecule has 6 heteroatoms. The lowest BCUT2D eigenvalue weighted by Gasteiger charge is -2.05. The molecule has 1 heterocycles. The lowest BCUT2D eigenvalue weighted by molar-refractivity contribution is 0.0882. The van der Waals surface area contributed by atoms with Gasteiger partial charge in [0.1, 0.15) is 5.52 Å². The van der Waals surface area contributed by atoms with Gasteiger partial charge in [-0.3, -0.25) is 9.59 Å². The zero-order valence-corrected chi connectivity index (χ0v) is 12.7. The Bertz CT molecular complexity index is 870. The van der Waals surface area contributed by atoms with Gasteiger partial charge in [0.2, 0.25) is 0 Å². The van der Waals surface area contributed by atoms with Crippen LogP contribution in [0, 0.1) is 6.92 Å². The maximum Gasteiger partial charge on any atom is 0.251 e. The predicted molar refractivity (Wildman–Crippen MR) is 86.3 cm³/mol. The van der Waals surface area contributed by atoms with E-state index in [1.165, 1.54) is 4.68 Å². The number of nitrogens with one attached hydrogen (secondary N) is 1. The number of nitrogens with zero attached hydrogens (tertiary/aromatic N) is 3. The second kappa shape index (κ2) is 6.39. The molecule has 0 saturated carbocycles. The molecule has 1 aromatic heterocycles. The van der Waals surface area contributed by atoms with Crippen molar-refractivity contribution in [3.05, 3.63) is 59.7 Å². The molecular weight excluding hydrogens is 292 g/mol. The van der Waals surface area contributed by atoms with Crippen LogP contribution in [-0.2, 0) is 0 Å². The molecular formula is C17H16N4O2. The van der Waals surface area contributed by atoms with Crippen molar-refractivity contribution in [1.82, 2.24) is 20.3 Å². The quantitative estimate of drug-likeness (QED) is 0.801. The summed E-state index contributed by atoms with van der Waals surface area (Å²) in [6, 6.07) is 14.6. The van der Waals surface area contributed by atoms with Gasteiger partial charge in [0.05, 0.1) is 5.52 Å². The normalized spacial score (nSPS) is 10.7. The van der Waals surface area contributed by atoms with Crippen molar-refractivity contribution in [3.63, 3.8) is 0 Å². The van der Waals surface area contributed by atoms with Crippen LogP contribution in [0.2, 0.25) is 0 Å². The largest absolute Gasteiger partial charge is 0.352 e. The lowest BCUT2D eigenvalue weighted by Crippen LogP contribution is -2.27. The van der Waals surface area contributed by atoms with Crippen molar-refractivity contribution in [3.8, 4) is 0 Å². The molecule has 0 spiro atoms. The molecule has 0 fully saturated rings. The lowest BCUT2D eigenvalue weighted by atomic mass is 10.1. The highest BCUT2D eigenvalue weighted by atomic mass is 16.2. The van der Waals surface area contributed by atoms with Crippen molar-refractivity contribution in [2.24, 2.45) is 0 Å². The Morgan fingerprint density at radius 2 is 1.96 bits per heavy atom. The second-order valence-corrected chi connectivity index (χ2v) is 5.26. The molecule has 0 radical (unpaired) electrons. The Labute approximate surface area is 133 Å². The van der Waals surface area contributed by atoms with Gasteiger partial charge < -0.3 is 5.32 Å². The van der Waals surface area contributed by atoms with E-state index in [4.69, 9.17) is 0 Å². The SMILES string of the molecule is Cc1cccc(C(=O)NCCC(=O)n2nnc3ccccc32)c1. The molecule has 6 nitrogen and oxygen atoms in total. The first kappa shape index (κ1) is 14.9. The van der Waals surface area contributed by atoms with Gasteiger partial charge in [-0.2, -0.15) is 4.68 Å². The number of aromatic nitrogens is 3. The van der Waals surface area contributed by atoms with E-state index in [1.807, 2.05) is 37.3 Å². The fraction of sp³-hybridized carbons (Fsp3) is 0.176. The van der Waals surface area contributed by atoms with Gasteiger partial charge in [-0.15, -0.1) is 5.10 Å². The Hall–Kier alpha value is -3.02. The molecule has 116 valence electrons. The van der Waals surface area contributed by atoms with E-state index in [1.54, 1.807) is 18.2 Å². The van der Waals surface area contributed by atoms with E-state index >= 15 is 0 Å². The third-order valence-corrected chi connectivity index (χ3v) is 3.49. The van der Waals surface area contributed by atoms with Crippen molar-refractivity contribution >= 4 is 22.8 Å². The zero-order chi connectivity index (χ0) is 16.2. The summed E-state index contributed by atoms with van der Waals surface area (Å²) in [5.74, 6) is -0.395. The predicted octanol–water partition coefficient (Wildman–Crippen LogP) is 2.20. The number of para-hydroxylation sites is 1. The first-order chi connectivity index (χ1) is 11.1. The van der Waals surface area contributed by atoms with Gasteiger partial charge in [0.15, 0.2) is 0 Å². The monoisotopic (exact) mass is 308 g/mol. The Morgan fingerprint density at radius 1 is 1.13 bits per heavy atom. The summed E-state index contributed by atoms with van der Waals surface area (Å²) < 4.78 is 1.27. The van der Waals surface area contributed by atoms with Crippen LogP contribution < -0.4 is 5.32 Å². The number of fused-ring (bicyclic) bond motifs is 1. The smallest absolute Gasteiger partial charge is 0.251 e. The zero-order valence-electron chi connectivity index (χ0n) is 12.7. The van der Waals surface area contributed by atoms with Gasteiger partial charge >= 0.3 is 0 Å². The minimum absolute atomic E-state index is 0.158. The molecule has 0 bridgehead atoms. The Morgan fingerprint density at radius 3 is 2.78 bits per heavy atom. The first-order valence-corrected chi connectivity index (χ1v) is 7.33. The molecule has 2 aromatic carbocycles. The molecule has 3 aromatic rings. The summed E-state index contributed by atoms with van der Waals surface area (Å²) >= 11 is 0. The molecule has 3 rings (SSSR count). The van der Waals surface area contributed by atoms with Crippen LogP contribution in [0.3, 0.4) is 0 Å². The van der Waals surface area contributed by atoms with E-state index < -0.39 is 0 Å². The maximum atomic E-state index is 12.2. The summed E-state index contributed by atoms with van der Waals surface area (Å²) in [5, 5.41) is 10.6. The molecule has 23 heavy (non-hydrogen) atoms. The fourth-order valence-corrected chi connectivity index (χ4v) is 2.33. The van der Waals surface area contributed by atoms with Crippen LogP contribution >= 0.6 is 0 Å². The number of hydrogen-bond acceptors (Lipinski definition) is 4. The minimum Gasteiger partial charge on any atom is -0.352 e. The van der Waals surface area contributed by atoms with E-state index in [0.29, 0.717) is 16.6 Å². The van der Waals surface area contributed by atoms with Crippen LogP contribution in [0.1, 0.15) is 27.1 Å². The number of amides is 1. The second-order valence-electron chi connectivity index (χ2n) is 5.26. The summed E-state index contributed by atoms with van der Waals surface area (Å²) in [4.78, 5) is 24.2. The van der Waals surface area contributed by atoms with E-state index in [0.717, 1.165) is 5.56 Å². The fourth-order valence-electron chi connectivity index (χ4n) is 2.33. The number of hydrogen-bond donors (Lipinski definition) is 1. The van der Waals surface area contributed by atoms with Gasteiger partial charge in [0.25, 0.3) is 11.8 Å². The van der Waals surface area contributed by atoms with Crippen molar-refractivity contribution in [2.45, 2.75) is 13.3 Å². The van der Waals surface area contributed by atoms with Gasteiger partial charge in [-0.1, -0.05) is 35.0 Å². The van der Waals surface area contributed by atoms with Crippen LogP contribution in [0.5, 0.6) is 0 Å². The highest BCUT2D eigenvalue weighted by molar-refractivity contribution is 5.95. The third kappa shape index (κ3) is 3.26. The summed E-state index contributed by atoms with van der Waals surface area (Å²) in [7, 11) is 0. The number of carbonyl (C=O) groups is 2. The summed E-state index contributed by atoms with van der Waals surface area (Å²) in [6.07, 6.45) is 0.158. The first-order valence-electron chi connectivity index (χ1n) is 7.33. The van der Waals surface area contributed by atoms with Crippen LogP contribution in [0.15, 0.2) is 48.5 Å².